The fraction of sp³-hybridized carbons (Fsp3) is 0.333. The van der Waals surface area contributed by atoms with Crippen molar-refractivity contribution >= 4 is 17.8 Å². The van der Waals surface area contributed by atoms with Gasteiger partial charge in [-0.1, -0.05) is 12.2 Å². The van der Waals surface area contributed by atoms with Gasteiger partial charge in [0.2, 0.25) is 0 Å². The topological polar surface area (TPSA) is 56.5 Å². The van der Waals surface area contributed by atoms with Gasteiger partial charge < -0.3 is 9.15 Å². The molecule has 2 heterocycles. The summed E-state index contributed by atoms with van der Waals surface area (Å²) in [5.74, 6) is 0.115. The lowest BCUT2D eigenvalue weighted by Crippen LogP contribution is -2.36. The van der Waals surface area contributed by atoms with Gasteiger partial charge in [0.1, 0.15) is 17.8 Å². The normalized spacial score (nSPS) is 28.9. The Kier molecular flexibility index (Phi) is 2.85. The number of cyclic esters (lactones) is 1. The molecule has 0 N–H and O–H groups in total. The monoisotopic (exact) mass is 258 g/mol. The van der Waals surface area contributed by atoms with Crippen LogP contribution in [0.25, 0.3) is 6.08 Å². The predicted octanol–water partition coefficient (Wildman–Crippen LogP) is 2.52. The minimum absolute atomic E-state index is 0.125. The number of carbonyl (C=O) groups excluding carboxylic acids is 2. The minimum Gasteiger partial charge on any atom is -0.465 e. The number of hydrogen-bond donors (Lipinski definition) is 0. The van der Waals surface area contributed by atoms with Crippen molar-refractivity contribution in [2.75, 3.05) is 6.61 Å². The Morgan fingerprint density at radius 1 is 1.26 bits per heavy atom. The van der Waals surface area contributed by atoms with Crippen LogP contribution in [-0.4, -0.2) is 18.4 Å². The van der Waals surface area contributed by atoms with Crippen LogP contribution in [0.5, 0.6) is 0 Å². The van der Waals surface area contributed by atoms with Crippen molar-refractivity contribution in [2.45, 2.75) is 19.3 Å². The second kappa shape index (κ2) is 4.53. The summed E-state index contributed by atoms with van der Waals surface area (Å²) in [6.07, 6.45) is 8.46. The van der Waals surface area contributed by atoms with Crippen molar-refractivity contribution in [1.29, 1.82) is 0 Å². The summed E-state index contributed by atoms with van der Waals surface area (Å²) in [7, 11) is 0. The molecule has 98 valence electrons. The average Bonchev–Trinajstić information content (AvgIpc) is 2.96. The van der Waals surface area contributed by atoms with E-state index in [2.05, 4.69) is 0 Å². The van der Waals surface area contributed by atoms with Crippen LogP contribution in [0.15, 0.2) is 40.5 Å². The molecule has 1 saturated carbocycles. The molecule has 0 bridgehead atoms. The summed E-state index contributed by atoms with van der Waals surface area (Å²) in [5.41, 5.74) is -0.368. The number of carbonyl (C=O) groups is 2. The third kappa shape index (κ3) is 1.93. The molecule has 1 fully saturated rings. The quantitative estimate of drug-likeness (QED) is 0.336. The third-order valence-corrected chi connectivity index (χ3v) is 3.74. The first-order valence-electron chi connectivity index (χ1n) is 6.33. The summed E-state index contributed by atoms with van der Waals surface area (Å²) in [4.78, 5) is 24.6. The number of ether oxygens (including phenoxy) is 1. The zero-order valence-electron chi connectivity index (χ0n) is 10.4. The SMILES string of the molecule is O=C1OCC=CCC12CC/C(=C\c1ccco1)C2=O. The number of Topliss-reactive ketones (excluding diaryl/α,β-unsaturated/α-hetero) is 1. The molecule has 1 spiro atoms. The summed E-state index contributed by atoms with van der Waals surface area (Å²) < 4.78 is 10.3. The second-order valence-electron chi connectivity index (χ2n) is 4.87. The zero-order valence-corrected chi connectivity index (χ0v) is 10.4. The van der Waals surface area contributed by atoms with Crippen LogP contribution in [0, 0.1) is 5.41 Å². The first kappa shape index (κ1) is 12.0. The van der Waals surface area contributed by atoms with Crippen molar-refractivity contribution in [2.24, 2.45) is 5.41 Å². The Labute approximate surface area is 110 Å². The second-order valence-corrected chi connectivity index (χ2v) is 4.87. The summed E-state index contributed by atoms with van der Waals surface area (Å²) in [6.45, 7) is 0.255. The van der Waals surface area contributed by atoms with Crippen molar-refractivity contribution in [3.05, 3.63) is 41.9 Å². The van der Waals surface area contributed by atoms with Gasteiger partial charge in [-0.25, -0.2) is 0 Å². The molecular formula is C15H14O4. The Bertz CT molecular complexity index is 565. The Morgan fingerprint density at radius 2 is 2.16 bits per heavy atom. The van der Waals surface area contributed by atoms with Gasteiger partial charge in [0.25, 0.3) is 0 Å². The van der Waals surface area contributed by atoms with Crippen molar-refractivity contribution < 1.29 is 18.7 Å². The number of ketones is 1. The molecule has 1 aliphatic heterocycles. The maximum Gasteiger partial charge on any atom is 0.320 e. The van der Waals surface area contributed by atoms with E-state index >= 15 is 0 Å². The molecule has 0 radical (unpaired) electrons. The first-order chi connectivity index (χ1) is 9.22. The van der Waals surface area contributed by atoms with E-state index in [1.165, 1.54) is 0 Å². The summed E-state index contributed by atoms with van der Waals surface area (Å²) in [6, 6.07) is 3.56. The number of furan rings is 1. The molecule has 0 saturated heterocycles. The minimum atomic E-state index is -1.01. The molecular weight excluding hydrogens is 244 g/mol. The zero-order chi connectivity index (χ0) is 13.3. The molecule has 4 heteroatoms. The van der Waals surface area contributed by atoms with Crippen LogP contribution >= 0.6 is 0 Å². The molecule has 2 aliphatic rings. The largest absolute Gasteiger partial charge is 0.465 e. The van der Waals surface area contributed by atoms with Gasteiger partial charge in [-0.15, -0.1) is 0 Å². The van der Waals surface area contributed by atoms with E-state index in [1.807, 2.05) is 6.08 Å². The number of hydrogen-bond acceptors (Lipinski definition) is 4. The molecule has 1 aromatic heterocycles. The van der Waals surface area contributed by atoms with Gasteiger partial charge in [0.15, 0.2) is 5.78 Å². The highest BCUT2D eigenvalue weighted by Gasteiger charge is 2.51. The molecule has 3 rings (SSSR count). The Hall–Kier alpha value is -2.10. The van der Waals surface area contributed by atoms with Crippen LogP contribution in [0.2, 0.25) is 0 Å². The van der Waals surface area contributed by atoms with Crippen molar-refractivity contribution in [3.63, 3.8) is 0 Å². The third-order valence-electron chi connectivity index (χ3n) is 3.74. The fourth-order valence-electron chi connectivity index (χ4n) is 2.65. The van der Waals surface area contributed by atoms with Gasteiger partial charge >= 0.3 is 5.97 Å². The molecule has 1 unspecified atom stereocenters. The molecule has 1 aromatic rings. The van der Waals surface area contributed by atoms with Crippen molar-refractivity contribution in [3.8, 4) is 0 Å². The standard InChI is InChI=1S/C15H14O4/c16-13-11(10-12-4-3-9-18-12)5-7-15(13)6-1-2-8-19-14(15)17/h1-4,9-10H,5-8H2/b11-10+. The smallest absolute Gasteiger partial charge is 0.320 e. The lowest BCUT2D eigenvalue weighted by molar-refractivity contribution is -0.156. The Morgan fingerprint density at radius 3 is 2.95 bits per heavy atom. The molecule has 4 nitrogen and oxygen atoms in total. The molecule has 1 atom stereocenters. The van der Waals surface area contributed by atoms with E-state index in [-0.39, 0.29) is 12.4 Å². The van der Waals surface area contributed by atoms with E-state index in [0.29, 0.717) is 30.6 Å². The number of rotatable bonds is 1. The highest BCUT2D eigenvalue weighted by Crippen LogP contribution is 2.43. The van der Waals surface area contributed by atoms with Gasteiger partial charge in [-0.05, 0) is 37.5 Å². The summed E-state index contributed by atoms with van der Waals surface area (Å²) >= 11 is 0. The van der Waals surface area contributed by atoms with Gasteiger partial charge in [0.05, 0.1) is 6.26 Å². The molecule has 0 amide bonds. The van der Waals surface area contributed by atoms with Gasteiger partial charge in [-0.3, -0.25) is 9.59 Å². The van der Waals surface area contributed by atoms with Crippen LogP contribution in [0.4, 0.5) is 0 Å². The lowest BCUT2D eigenvalue weighted by Gasteiger charge is -2.21. The molecule has 19 heavy (non-hydrogen) atoms. The van der Waals surface area contributed by atoms with E-state index in [4.69, 9.17) is 9.15 Å². The lowest BCUT2D eigenvalue weighted by atomic mass is 9.81. The average molecular weight is 258 g/mol. The predicted molar refractivity (Wildman–Crippen MR) is 68.1 cm³/mol. The first-order valence-corrected chi connectivity index (χ1v) is 6.33. The van der Waals surface area contributed by atoms with Crippen LogP contribution in [-0.2, 0) is 14.3 Å². The maximum atomic E-state index is 12.5. The Balaban J connectivity index is 1.93. The molecule has 0 aromatic carbocycles. The maximum absolute atomic E-state index is 12.5. The molecule has 1 aliphatic carbocycles. The van der Waals surface area contributed by atoms with Crippen LogP contribution < -0.4 is 0 Å². The van der Waals surface area contributed by atoms with Crippen LogP contribution in [0.3, 0.4) is 0 Å². The summed E-state index contributed by atoms with van der Waals surface area (Å²) in [5, 5.41) is 0. The highest BCUT2D eigenvalue weighted by atomic mass is 16.5. The fourth-order valence-corrected chi connectivity index (χ4v) is 2.65. The van der Waals surface area contributed by atoms with E-state index < -0.39 is 11.4 Å². The van der Waals surface area contributed by atoms with E-state index in [1.54, 1.807) is 30.5 Å². The highest BCUT2D eigenvalue weighted by molar-refractivity contribution is 6.16. The number of allylic oxidation sites excluding steroid dienone is 2. The van der Waals surface area contributed by atoms with E-state index in [0.717, 1.165) is 0 Å². The van der Waals surface area contributed by atoms with Crippen LogP contribution in [0.1, 0.15) is 25.0 Å². The van der Waals surface area contributed by atoms with Gasteiger partial charge in [0, 0.05) is 5.57 Å². The van der Waals surface area contributed by atoms with E-state index in [9.17, 15) is 9.59 Å². The van der Waals surface area contributed by atoms with Gasteiger partial charge in [-0.2, -0.15) is 0 Å². The number of esters is 1. The van der Waals surface area contributed by atoms with Crippen molar-refractivity contribution in [1.82, 2.24) is 0 Å².